The summed E-state index contributed by atoms with van der Waals surface area (Å²) in [5, 5.41) is 3.73. The molecule has 0 aliphatic heterocycles. The van der Waals surface area contributed by atoms with Crippen molar-refractivity contribution in [1.82, 2.24) is 10.2 Å². The van der Waals surface area contributed by atoms with Gasteiger partial charge in [0.25, 0.3) is 10.0 Å². The molecule has 2 amide bonds. The lowest BCUT2D eigenvalue weighted by Crippen LogP contribution is -2.55. The van der Waals surface area contributed by atoms with E-state index < -0.39 is 34.1 Å². The standard InChI is InChI=1S/C30H35Cl2N3O5S/c1-6-25(29(37)33-30(2,3)4)34(19-21-12-14-22(31)15-13-21)28(36)20-35(26-18-23(32)16-17-27(26)40-5)41(38,39)24-10-8-7-9-11-24/h7-18,25H,6,19-20H2,1-5H3,(H,33,37)/t25-/m0/s1. The summed E-state index contributed by atoms with van der Waals surface area (Å²) in [5.74, 6) is -0.721. The maximum Gasteiger partial charge on any atom is 0.264 e. The van der Waals surface area contributed by atoms with Crippen LogP contribution in [0.5, 0.6) is 5.75 Å². The van der Waals surface area contributed by atoms with Gasteiger partial charge in [0, 0.05) is 22.1 Å². The zero-order chi connectivity index (χ0) is 30.4. The molecule has 0 unspecified atom stereocenters. The summed E-state index contributed by atoms with van der Waals surface area (Å²) < 4.78 is 34.4. The lowest BCUT2D eigenvalue weighted by molar-refractivity contribution is -0.141. The minimum atomic E-state index is -4.26. The van der Waals surface area contributed by atoms with Crippen LogP contribution in [0.1, 0.15) is 39.7 Å². The number of methoxy groups -OCH3 is 1. The second kappa shape index (κ2) is 13.6. The van der Waals surface area contributed by atoms with Crippen molar-refractivity contribution in [2.45, 2.75) is 57.1 Å². The predicted molar refractivity (Wildman–Crippen MR) is 163 cm³/mol. The summed E-state index contributed by atoms with van der Waals surface area (Å²) in [6.07, 6.45) is 0.299. The number of ether oxygens (including phenoxy) is 1. The largest absolute Gasteiger partial charge is 0.495 e. The highest BCUT2D eigenvalue weighted by Crippen LogP contribution is 2.35. The number of hydrogen-bond donors (Lipinski definition) is 1. The molecule has 0 spiro atoms. The van der Waals surface area contributed by atoms with Crippen molar-refractivity contribution < 1.29 is 22.7 Å². The summed E-state index contributed by atoms with van der Waals surface area (Å²) in [5.41, 5.74) is 0.273. The van der Waals surface area contributed by atoms with E-state index in [4.69, 9.17) is 27.9 Å². The van der Waals surface area contributed by atoms with E-state index >= 15 is 0 Å². The molecule has 8 nitrogen and oxygen atoms in total. The first-order valence-corrected chi connectivity index (χ1v) is 15.2. The Hall–Kier alpha value is -3.27. The van der Waals surface area contributed by atoms with Gasteiger partial charge in [0.15, 0.2) is 0 Å². The van der Waals surface area contributed by atoms with E-state index in [0.717, 1.165) is 9.87 Å². The Balaban J connectivity index is 2.12. The van der Waals surface area contributed by atoms with Crippen LogP contribution >= 0.6 is 23.2 Å². The van der Waals surface area contributed by atoms with Crippen LogP contribution in [0.25, 0.3) is 0 Å². The number of carbonyl (C=O) groups is 2. The van der Waals surface area contributed by atoms with Gasteiger partial charge in [-0.1, -0.05) is 60.5 Å². The maximum atomic E-state index is 14.2. The molecule has 0 saturated carbocycles. The molecule has 1 atom stereocenters. The minimum Gasteiger partial charge on any atom is -0.495 e. The summed E-state index contributed by atoms with van der Waals surface area (Å²) in [4.78, 5) is 29.0. The van der Waals surface area contributed by atoms with Gasteiger partial charge in [0.05, 0.1) is 17.7 Å². The van der Waals surface area contributed by atoms with Crippen LogP contribution in [0.3, 0.4) is 0 Å². The average Bonchev–Trinajstić information content (AvgIpc) is 2.92. The van der Waals surface area contributed by atoms with E-state index in [1.165, 1.54) is 36.3 Å². The van der Waals surface area contributed by atoms with E-state index in [9.17, 15) is 18.0 Å². The smallest absolute Gasteiger partial charge is 0.264 e. The van der Waals surface area contributed by atoms with Crippen molar-refractivity contribution in [2.24, 2.45) is 0 Å². The van der Waals surface area contributed by atoms with Crippen molar-refractivity contribution >= 4 is 50.7 Å². The minimum absolute atomic E-state index is 0.0170. The number of nitrogens with zero attached hydrogens (tertiary/aromatic N) is 2. The van der Waals surface area contributed by atoms with Crippen LogP contribution < -0.4 is 14.4 Å². The number of carbonyl (C=O) groups excluding carboxylic acids is 2. The first-order valence-electron chi connectivity index (χ1n) is 13.0. The van der Waals surface area contributed by atoms with E-state index in [1.54, 1.807) is 55.5 Å². The summed E-state index contributed by atoms with van der Waals surface area (Å²) in [7, 11) is -2.86. The molecule has 220 valence electrons. The number of amides is 2. The number of halogens is 2. The molecule has 0 saturated heterocycles. The molecular weight excluding hydrogens is 585 g/mol. The summed E-state index contributed by atoms with van der Waals surface area (Å²) in [6, 6.07) is 18.3. The molecule has 0 aliphatic rings. The van der Waals surface area contributed by atoms with Gasteiger partial charge in [0.2, 0.25) is 11.8 Å². The Kier molecular flexibility index (Phi) is 10.7. The fraction of sp³-hybridized carbons (Fsp3) is 0.333. The first-order chi connectivity index (χ1) is 19.3. The van der Waals surface area contributed by atoms with E-state index in [2.05, 4.69) is 5.32 Å². The Morgan fingerprint density at radius 3 is 2.12 bits per heavy atom. The van der Waals surface area contributed by atoms with Crippen molar-refractivity contribution in [3.8, 4) is 5.75 Å². The third kappa shape index (κ3) is 8.38. The SMILES string of the molecule is CC[C@@H](C(=O)NC(C)(C)C)N(Cc1ccc(Cl)cc1)C(=O)CN(c1cc(Cl)ccc1OC)S(=O)(=O)c1ccccc1. The molecule has 0 fully saturated rings. The van der Waals surface area contributed by atoms with Crippen LogP contribution in [0, 0.1) is 0 Å². The van der Waals surface area contributed by atoms with Crippen molar-refractivity contribution in [3.63, 3.8) is 0 Å². The van der Waals surface area contributed by atoms with Crippen molar-refractivity contribution in [1.29, 1.82) is 0 Å². The third-order valence-electron chi connectivity index (χ3n) is 6.17. The highest BCUT2D eigenvalue weighted by atomic mass is 35.5. The highest BCUT2D eigenvalue weighted by Gasteiger charge is 2.35. The number of rotatable bonds is 11. The summed E-state index contributed by atoms with van der Waals surface area (Å²) in [6.45, 7) is 6.79. The molecule has 3 rings (SSSR count). The Morgan fingerprint density at radius 1 is 0.951 bits per heavy atom. The van der Waals surface area contributed by atoms with Gasteiger partial charge in [-0.25, -0.2) is 8.42 Å². The van der Waals surface area contributed by atoms with Crippen LogP contribution in [-0.2, 0) is 26.2 Å². The second-order valence-electron chi connectivity index (χ2n) is 10.5. The molecule has 0 heterocycles. The lowest BCUT2D eigenvalue weighted by atomic mass is 10.1. The molecule has 3 aromatic carbocycles. The van der Waals surface area contributed by atoms with Crippen LogP contribution in [0.4, 0.5) is 5.69 Å². The second-order valence-corrected chi connectivity index (χ2v) is 13.2. The lowest BCUT2D eigenvalue weighted by Gasteiger charge is -2.35. The molecule has 41 heavy (non-hydrogen) atoms. The monoisotopic (exact) mass is 619 g/mol. The molecular formula is C30H35Cl2N3O5S. The van der Waals surface area contributed by atoms with Gasteiger partial charge in [-0.3, -0.25) is 13.9 Å². The normalized spacial score (nSPS) is 12.4. The van der Waals surface area contributed by atoms with E-state index in [1.807, 2.05) is 20.8 Å². The van der Waals surface area contributed by atoms with E-state index in [-0.39, 0.29) is 33.8 Å². The van der Waals surface area contributed by atoms with Crippen molar-refractivity contribution in [2.75, 3.05) is 18.0 Å². The Bertz CT molecular complexity index is 1460. The van der Waals surface area contributed by atoms with Crippen molar-refractivity contribution in [3.05, 3.63) is 88.4 Å². The molecule has 1 N–H and O–H groups in total. The Labute approximate surface area is 252 Å². The highest BCUT2D eigenvalue weighted by molar-refractivity contribution is 7.92. The van der Waals surface area contributed by atoms with Gasteiger partial charge >= 0.3 is 0 Å². The van der Waals surface area contributed by atoms with Crippen LogP contribution in [-0.4, -0.2) is 50.4 Å². The number of sulfonamides is 1. The zero-order valence-corrected chi connectivity index (χ0v) is 26.1. The number of benzene rings is 3. The number of anilines is 1. The molecule has 0 aromatic heterocycles. The van der Waals surface area contributed by atoms with Gasteiger partial charge in [0.1, 0.15) is 18.3 Å². The van der Waals surface area contributed by atoms with Gasteiger partial charge < -0.3 is 15.0 Å². The number of hydrogen-bond acceptors (Lipinski definition) is 5. The first kappa shape index (κ1) is 32.2. The fourth-order valence-electron chi connectivity index (χ4n) is 4.25. The summed E-state index contributed by atoms with van der Waals surface area (Å²) >= 11 is 12.3. The third-order valence-corrected chi connectivity index (χ3v) is 8.43. The predicted octanol–water partition coefficient (Wildman–Crippen LogP) is 5.92. The molecule has 0 aliphatic carbocycles. The van der Waals surface area contributed by atoms with Gasteiger partial charge in [-0.05, 0) is 75.2 Å². The average molecular weight is 621 g/mol. The van der Waals surface area contributed by atoms with Crippen LogP contribution in [0.15, 0.2) is 77.7 Å². The zero-order valence-electron chi connectivity index (χ0n) is 23.7. The Morgan fingerprint density at radius 2 is 1.56 bits per heavy atom. The fourth-order valence-corrected chi connectivity index (χ4v) is 5.98. The topological polar surface area (TPSA) is 96.0 Å². The molecule has 0 radical (unpaired) electrons. The van der Waals surface area contributed by atoms with Gasteiger partial charge in [-0.15, -0.1) is 0 Å². The van der Waals surface area contributed by atoms with Crippen LogP contribution in [0.2, 0.25) is 10.0 Å². The van der Waals surface area contributed by atoms with E-state index in [0.29, 0.717) is 11.4 Å². The molecule has 11 heteroatoms. The maximum absolute atomic E-state index is 14.2. The van der Waals surface area contributed by atoms with Gasteiger partial charge in [-0.2, -0.15) is 0 Å². The quantitative estimate of drug-likeness (QED) is 0.287. The number of nitrogens with one attached hydrogen (secondary N) is 1. The molecule has 3 aromatic rings. The molecule has 0 bridgehead atoms.